The van der Waals surface area contributed by atoms with E-state index in [0.29, 0.717) is 19.3 Å². The SMILES string of the molecule is CC\C=C/C=C\C=C/C=C\C=C\C=C/C=C\CCCCCC(=O)OCC(COC(=O)CCCCCCCCCCCCCCCCC)OC(=O)CCCCCCCCCCCCCCCCC. The van der Waals surface area contributed by atoms with E-state index in [4.69, 9.17) is 14.2 Å². The Hall–Kier alpha value is -3.41. The summed E-state index contributed by atoms with van der Waals surface area (Å²) in [5, 5.41) is 0. The lowest BCUT2D eigenvalue weighted by Crippen LogP contribution is -2.30. The number of unbranched alkanes of at least 4 members (excludes halogenated alkanes) is 31. The van der Waals surface area contributed by atoms with Crippen LogP contribution in [0, 0.1) is 0 Å². The summed E-state index contributed by atoms with van der Waals surface area (Å²) in [6.07, 6.45) is 71.3. The maximum atomic E-state index is 12.8. The lowest BCUT2D eigenvalue weighted by atomic mass is 10.0. The third-order valence-electron chi connectivity index (χ3n) is 12.1. The van der Waals surface area contributed by atoms with Crippen LogP contribution >= 0.6 is 0 Å². The molecule has 0 rings (SSSR count). The number of rotatable bonds is 50. The molecule has 0 saturated heterocycles. The molecule has 0 bridgehead atoms. The maximum absolute atomic E-state index is 12.8. The summed E-state index contributed by atoms with van der Waals surface area (Å²) in [5.41, 5.74) is 0. The van der Waals surface area contributed by atoms with Crippen molar-refractivity contribution in [2.45, 2.75) is 271 Å². The predicted octanol–water partition coefficient (Wildman–Crippen LogP) is 18.8. The van der Waals surface area contributed by atoms with E-state index in [1.807, 2.05) is 72.9 Å². The van der Waals surface area contributed by atoms with E-state index in [9.17, 15) is 14.4 Å². The topological polar surface area (TPSA) is 78.9 Å². The van der Waals surface area contributed by atoms with E-state index in [1.165, 1.54) is 154 Å². The van der Waals surface area contributed by atoms with Gasteiger partial charge in [0.05, 0.1) is 0 Å². The highest BCUT2D eigenvalue weighted by Gasteiger charge is 2.19. The molecule has 0 aromatic rings. The van der Waals surface area contributed by atoms with Gasteiger partial charge in [-0.3, -0.25) is 14.4 Å². The van der Waals surface area contributed by atoms with Gasteiger partial charge in [0, 0.05) is 19.3 Å². The maximum Gasteiger partial charge on any atom is 0.306 e. The number of esters is 3. The van der Waals surface area contributed by atoms with Gasteiger partial charge in [-0.15, -0.1) is 0 Å². The average molecular weight is 933 g/mol. The zero-order chi connectivity index (χ0) is 48.6. The van der Waals surface area contributed by atoms with Gasteiger partial charge < -0.3 is 14.2 Å². The van der Waals surface area contributed by atoms with E-state index in [1.54, 1.807) is 0 Å². The van der Waals surface area contributed by atoms with Crippen LogP contribution in [0.5, 0.6) is 0 Å². The first-order chi connectivity index (χ1) is 33.0. The Labute approximate surface area is 414 Å². The second-order valence-electron chi connectivity index (χ2n) is 18.7. The second kappa shape index (κ2) is 55.2. The molecule has 1 atom stereocenters. The number of ether oxygens (including phenoxy) is 3. The molecule has 0 radical (unpaired) electrons. The molecular weight excluding hydrogens is 829 g/mol. The van der Waals surface area contributed by atoms with E-state index in [0.717, 1.165) is 70.6 Å². The molecule has 0 aromatic carbocycles. The highest BCUT2D eigenvalue weighted by molar-refractivity contribution is 5.71. The number of hydrogen-bond acceptors (Lipinski definition) is 6. The fraction of sp³-hybridized carbons (Fsp3) is 0.721. The molecule has 0 saturated carbocycles. The van der Waals surface area contributed by atoms with Crippen molar-refractivity contribution in [3.8, 4) is 0 Å². The second-order valence-corrected chi connectivity index (χ2v) is 18.7. The average Bonchev–Trinajstić information content (AvgIpc) is 3.33. The molecule has 6 heteroatoms. The zero-order valence-corrected chi connectivity index (χ0v) is 43.9. The van der Waals surface area contributed by atoms with Crippen LogP contribution in [0.1, 0.15) is 265 Å². The van der Waals surface area contributed by atoms with Gasteiger partial charge in [-0.1, -0.05) is 292 Å². The van der Waals surface area contributed by atoms with Crippen molar-refractivity contribution in [3.05, 3.63) is 85.1 Å². The van der Waals surface area contributed by atoms with Crippen LogP contribution in [0.15, 0.2) is 85.1 Å². The molecule has 0 N–H and O–H groups in total. The van der Waals surface area contributed by atoms with Crippen LogP contribution in [0.3, 0.4) is 0 Å². The van der Waals surface area contributed by atoms with Crippen LogP contribution in [-0.4, -0.2) is 37.2 Å². The Kier molecular flexibility index (Phi) is 52.4. The lowest BCUT2D eigenvalue weighted by molar-refractivity contribution is -0.167. The van der Waals surface area contributed by atoms with Crippen molar-refractivity contribution in [3.63, 3.8) is 0 Å². The van der Waals surface area contributed by atoms with Crippen LogP contribution in [0.2, 0.25) is 0 Å². The van der Waals surface area contributed by atoms with Crippen molar-refractivity contribution in [1.82, 2.24) is 0 Å². The molecule has 0 aliphatic carbocycles. The predicted molar refractivity (Wildman–Crippen MR) is 288 cm³/mol. The molecule has 0 spiro atoms. The van der Waals surface area contributed by atoms with Gasteiger partial charge in [0.2, 0.25) is 0 Å². The smallest absolute Gasteiger partial charge is 0.306 e. The summed E-state index contributed by atoms with van der Waals surface area (Å²) in [6, 6.07) is 0. The molecule has 0 amide bonds. The molecule has 384 valence electrons. The van der Waals surface area contributed by atoms with Crippen molar-refractivity contribution >= 4 is 17.9 Å². The van der Waals surface area contributed by atoms with Crippen molar-refractivity contribution in [2.24, 2.45) is 0 Å². The molecule has 0 aliphatic heterocycles. The van der Waals surface area contributed by atoms with E-state index >= 15 is 0 Å². The Morgan fingerprint density at radius 1 is 0.313 bits per heavy atom. The summed E-state index contributed by atoms with van der Waals surface area (Å²) < 4.78 is 16.8. The first-order valence-electron chi connectivity index (χ1n) is 28.2. The van der Waals surface area contributed by atoms with E-state index in [-0.39, 0.29) is 31.1 Å². The Bertz CT molecular complexity index is 1300. The van der Waals surface area contributed by atoms with Gasteiger partial charge in [0.1, 0.15) is 13.2 Å². The Balaban J connectivity index is 4.46. The molecule has 67 heavy (non-hydrogen) atoms. The summed E-state index contributed by atoms with van der Waals surface area (Å²) in [5.74, 6) is -0.925. The highest BCUT2D eigenvalue weighted by atomic mass is 16.6. The van der Waals surface area contributed by atoms with Gasteiger partial charge in [0.15, 0.2) is 6.10 Å². The van der Waals surface area contributed by atoms with Gasteiger partial charge in [0.25, 0.3) is 0 Å². The number of carbonyl (C=O) groups is 3. The monoisotopic (exact) mass is 933 g/mol. The third kappa shape index (κ3) is 53.4. The molecule has 0 heterocycles. The van der Waals surface area contributed by atoms with Crippen molar-refractivity contribution < 1.29 is 28.6 Å². The van der Waals surface area contributed by atoms with E-state index < -0.39 is 6.10 Å². The number of carbonyl (C=O) groups excluding carboxylic acids is 3. The molecule has 6 nitrogen and oxygen atoms in total. The third-order valence-corrected chi connectivity index (χ3v) is 12.1. The largest absolute Gasteiger partial charge is 0.462 e. The molecular formula is C61H104O6. The number of hydrogen-bond donors (Lipinski definition) is 0. The van der Waals surface area contributed by atoms with Gasteiger partial charge in [-0.2, -0.15) is 0 Å². The van der Waals surface area contributed by atoms with Gasteiger partial charge in [-0.05, 0) is 38.5 Å². The molecule has 1 unspecified atom stereocenters. The minimum Gasteiger partial charge on any atom is -0.462 e. The minimum atomic E-state index is -0.793. The Morgan fingerprint density at radius 3 is 0.910 bits per heavy atom. The number of allylic oxidation sites excluding steroid dienone is 14. The fourth-order valence-electron chi connectivity index (χ4n) is 7.90. The van der Waals surface area contributed by atoms with Gasteiger partial charge in [-0.25, -0.2) is 0 Å². The minimum absolute atomic E-state index is 0.0880. The van der Waals surface area contributed by atoms with E-state index in [2.05, 4.69) is 32.9 Å². The quantitative estimate of drug-likeness (QED) is 0.0262. The van der Waals surface area contributed by atoms with Crippen LogP contribution in [0.25, 0.3) is 0 Å². The zero-order valence-electron chi connectivity index (χ0n) is 43.9. The summed E-state index contributed by atoms with van der Waals surface area (Å²) in [7, 11) is 0. The summed E-state index contributed by atoms with van der Waals surface area (Å²) in [4.78, 5) is 38.1. The molecule has 0 aromatic heterocycles. The summed E-state index contributed by atoms with van der Waals surface area (Å²) in [6.45, 7) is 6.48. The normalized spacial score (nSPS) is 12.7. The fourth-order valence-corrected chi connectivity index (χ4v) is 7.90. The van der Waals surface area contributed by atoms with Crippen LogP contribution < -0.4 is 0 Å². The van der Waals surface area contributed by atoms with Crippen LogP contribution in [-0.2, 0) is 28.6 Å². The first-order valence-corrected chi connectivity index (χ1v) is 28.2. The molecule has 0 fully saturated rings. The lowest BCUT2D eigenvalue weighted by Gasteiger charge is -2.18. The van der Waals surface area contributed by atoms with Crippen molar-refractivity contribution in [2.75, 3.05) is 13.2 Å². The first kappa shape index (κ1) is 63.6. The standard InChI is InChI=1S/C61H104O6/c1-4-7-10-13-16-19-22-25-28-29-30-31-34-36-39-42-45-48-51-54-60(63)66-57-58(67-61(64)55-52-49-46-43-40-37-33-27-24-21-18-15-12-9-6-3)56-65-59(62)53-50-47-44-41-38-35-32-26-23-20-17-14-11-8-5-2/h7,10,13,16,19,22,25,28-31,34,36,39,58H,4-6,8-9,11-12,14-15,17-18,20-21,23-24,26-27,32-33,35,37-38,40-57H2,1-3H3/b10-7-,16-13-,22-19-,28-25-,30-29+,34-31-,39-36-. The highest BCUT2D eigenvalue weighted by Crippen LogP contribution is 2.16. The van der Waals surface area contributed by atoms with Crippen molar-refractivity contribution in [1.29, 1.82) is 0 Å². The molecule has 0 aliphatic rings. The Morgan fingerprint density at radius 2 is 0.582 bits per heavy atom. The summed E-state index contributed by atoms with van der Waals surface area (Å²) >= 11 is 0. The van der Waals surface area contributed by atoms with Crippen LogP contribution in [0.4, 0.5) is 0 Å². The van der Waals surface area contributed by atoms with Gasteiger partial charge >= 0.3 is 17.9 Å².